The molecule has 0 spiro atoms. The molecule has 0 atom stereocenters. The van der Waals surface area contributed by atoms with E-state index >= 15 is 0 Å². The first-order chi connectivity index (χ1) is 7.95. The van der Waals surface area contributed by atoms with E-state index in [4.69, 9.17) is 4.52 Å². The molecule has 0 fully saturated rings. The molecule has 78 valence electrons. The Bertz CT molecular complexity index is 523. The van der Waals surface area contributed by atoms with Crippen LogP contribution in [0.4, 0.5) is 0 Å². The minimum Gasteiger partial charge on any atom is -0.345 e. The van der Waals surface area contributed by atoms with Gasteiger partial charge >= 0.3 is 0 Å². The van der Waals surface area contributed by atoms with Gasteiger partial charge in [-0.2, -0.15) is 0 Å². The molecular weight excluding hydrogens is 224 g/mol. The van der Waals surface area contributed by atoms with Gasteiger partial charge in [0.1, 0.15) is 10.7 Å². The van der Waals surface area contributed by atoms with Gasteiger partial charge < -0.3 is 4.52 Å². The average Bonchev–Trinajstić information content (AvgIpc) is 3.03. The van der Waals surface area contributed by atoms with Crippen molar-refractivity contribution in [2.75, 3.05) is 0 Å². The standard InChI is InChI=1S/C10H6N4OS/c1-2-11-5-8(10-12-3-4-16-10)7(1)9-6-15-14-13-9/h1-6H. The summed E-state index contributed by atoms with van der Waals surface area (Å²) in [5.41, 5.74) is 2.55. The Morgan fingerprint density at radius 2 is 2.19 bits per heavy atom. The number of aromatic nitrogens is 4. The Labute approximate surface area is 94.8 Å². The van der Waals surface area contributed by atoms with Crippen LogP contribution in [-0.2, 0) is 0 Å². The molecule has 5 nitrogen and oxygen atoms in total. The van der Waals surface area contributed by atoms with Crippen molar-refractivity contribution in [3.8, 4) is 21.8 Å². The van der Waals surface area contributed by atoms with Gasteiger partial charge in [-0.25, -0.2) is 4.98 Å². The number of hydrogen-bond donors (Lipinski definition) is 0. The van der Waals surface area contributed by atoms with Crippen molar-refractivity contribution in [2.24, 2.45) is 0 Å². The first-order valence-electron chi connectivity index (χ1n) is 4.56. The van der Waals surface area contributed by atoms with Crippen LogP contribution in [0.3, 0.4) is 0 Å². The first kappa shape index (κ1) is 9.17. The second kappa shape index (κ2) is 3.82. The molecule has 0 aromatic carbocycles. The van der Waals surface area contributed by atoms with Crippen LogP contribution in [0.1, 0.15) is 0 Å². The molecule has 0 N–H and O–H groups in total. The van der Waals surface area contributed by atoms with E-state index in [0.29, 0.717) is 5.69 Å². The van der Waals surface area contributed by atoms with Gasteiger partial charge in [0.2, 0.25) is 0 Å². The van der Waals surface area contributed by atoms with Crippen molar-refractivity contribution in [1.29, 1.82) is 0 Å². The molecule has 3 rings (SSSR count). The highest BCUT2D eigenvalue weighted by molar-refractivity contribution is 7.13. The highest BCUT2D eigenvalue weighted by Gasteiger charge is 2.11. The fourth-order valence-electron chi connectivity index (χ4n) is 1.43. The van der Waals surface area contributed by atoms with E-state index in [9.17, 15) is 0 Å². The van der Waals surface area contributed by atoms with Gasteiger partial charge in [-0.3, -0.25) is 4.98 Å². The van der Waals surface area contributed by atoms with Crippen molar-refractivity contribution in [3.05, 3.63) is 36.3 Å². The van der Waals surface area contributed by atoms with Gasteiger partial charge in [0, 0.05) is 40.4 Å². The van der Waals surface area contributed by atoms with Gasteiger partial charge in [-0.1, -0.05) is 0 Å². The molecule has 0 aliphatic carbocycles. The molecule has 3 aromatic heterocycles. The Morgan fingerprint density at radius 1 is 1.19 bits per heavy atom. The van der Waals surface area contributed by atoms with E-state index in [0.717, 1.165) is 16.1 Å². The zero-order chi connectivity index (χ0) is 10.8. The molecule has 0 amide bonds. The number of pyridine rings is 1. The molecule has 16 heavy (non-hydrogen) atoms. The highest BCUT2D eigenvalue weighted by Crippen LogP contribution is 2.30. The maximum absolute atomic E-state index is 4.74. The van der Waals surface area contributed by atoms with Crippen LogP contribution in [0.2, 0.25) is 0 Å². The summed E-state index contributed by atoms with van der Waals surface area (Å²) >= 11 is 1.56. The lowest BCUT2D eigenvalue weighted by Crippen LogP contribution is -1.86. The lowest BCUT2D eigenvalue weighted by Gasteiger charge is -2.01. The monoisotopic (exact) mass is 230 g/mol. The minimum atomic E-state index is 0.688. The summed E-state index contributed by atoms with van der Waals surface area (Å²) < 4.78 is 4.74. The Morgan fingerprint density at radius 3 is 2.94 bits per heavy atom. The first-order valence-corrected chi connectivity index (χ1v) is 5.44. The third kappa shape index (κ3) is 1.49. The molecule has 0 unspecified atom stereocenters. The molecule has 6 heteroatoms. The van der Waals surface area contributed by atoms with E-state index in [-0.39, 0.29) is 0 Å². The quantitative estimate of drug-likeness (QED) is 0.675. The number of rotatable bonds is 2. The van der Waals surface area contributed by atoms with Crippen LogP contribution < -0.4 is 0 Å². The van der Waals surface area contributed by atoms with E-state index in [2.05, 4.69) is 20.3 Å². The fraction of sp³-hybridized carbons (Fsp3) is 0. The van der Waals surface area contributed by atoms with Crippen LogP contribution in [0, 0.1) is 0 Å². The van der Waals surface area contributed by atoms with E-state index in [1.807, 2.05) is 11.4 Å². The van der Waals surface area contributed by atoms with E-state index < -0.39 is 0 Å². The van der Waals surface area contributed by atoms with E-state index in [1.54, 1.807) is 29.9 Å². The van der Waals surface area contributed by atoms with Crippen molar-refractivity contribution in [1.82, 2.24) is 20.3 Å². The second-order valence-electron chi connectivity index (χ2n) is 3.05. The van der Waals surface area contributed by atoms with Gasteiger partial charge in [0.25, 0.3) is 0 Å². The highest BCUT2D eigenvalue weighted by atomic mass is 32.1. The third-order valence-corrected chi connectivity index (χ3v) is 2.93. The van der Waals surface area contributed by atoms with Crippen molar-refractivity contribution in [2.45, 2.75) is 0 Å². The Balaban J connectivity index is 2.19. The summed E-state index contributed by atoms with van der Waals surface area (Å²) in [4.78, 5) is 8.36. The van der Waals surface area contributed by atoms with Gasteiger partial charge in [-0.15, -0.1) is 16.4 Å². The summed E-state index contributed by atoms with van der Waals surface area (Å²) in [5.74, 6) is 0. The molecule has 0 aliphatic rings. The summed E-state index contributed by atoms with van der Waals surface area (Å²) in [6, 6.07) is 1.87. The summed E-state index contributed by atoms with van der Waals surface area (Å²) in [6.45, 7) is 0. The normalized spacial score (nSPS) is 10.5. The second-order valence-corrected chi connectivity index (χ2v) is 3.94. The zero-order valence-electron chi connectivity index (χ0n) is 8.07. The largest absolute Gasteiger partial charge is 0.345 e. The third-order valence-electron chi connectivity index (χ3n) is 2.12. The topological polar surface area (TPSA) is 64.7 Å². The predicted molar refractivity (Wildman–Crippen MR) is 58.6 cm³/mol. The maximum atomic E-state index is 4.74. The van der Waals surface area contributed by atoms with Crippen LogP contribution in [0.25, 0.3) is 21.8 Å². The molecule has 0 saturated heterocycles. The van der Waals surface area contributed by atoms with Gasteiger partial charge in [0.05, 0.1) is 0 Å². The van der Waals surface area contributed by atoms with Crippen molar-refractivity contribution in [3.63, 3.8) is 0 Å². The number of hydrogen-bond acceptors (Lipinski definition) is 6. The van der Waals surface area contributed by atoms with E-state index in [1.165, 1.54) is 6.26 Å². The van der Waals surface area contributed by atoms with Crippen molar-refractivity contribution < 1.29 is 4.52 Å². The van der Waals surface area contributed by atoms with Crippen LogP contribution in [-0.4, -0.2) is 20.3 Å². The zero-order valence-corrected chi connectivity index (χ0v) is 8.89. The SMILES string of the molecule is c1cc(-c2conn2)c(-c2nccs2)cn1. The fourth-order valence-corrected chi connectivity index (χ4v) is 2.09. The number of nitrogens with zero attached hydrogens (tertiary/aromatic N) is 4. The molecule has 3 heterocycles. The predicted octanol–water partition coefficient (Wildman–Crippen LogP) is 2.26. The lowest BCUT2D eigenvalue weighted by molar-refractivity contribution is 0.393. The Hall–Kier alpha value is -2.08. The number of thiazole rings is 1. The van der Waals surface area contributed by atoms with Gasteiger partial charge in [-0.05, 0) is 6.07 Å². The smallest absolute Gasteiger partial charge is 0.152 e. The summed E-state index contributed by atoms with van der Waals surface area (Å²) in [6.07, 6.45) is 6.74. The van der Waals surface area contributed by atoms with Crippen molar-refractivity contribution >= 4 is 11.3 Å². The molecule has 0 aliphatic heterocycles. The van der Waals surface area contributed by atoms with Gasteiger partial charge in [0.15, 0.2) is 6.26 Å². The lowest BCUT2D eigenvalue weighted by atomic mass is 10.1. The average molecular weight is 230 g/mol. The van der Waals surface area contributed by atoms with Crippen LogP contribution in [0.5, 0.6) is 0 Å². The molecule has 0 saturated carbocycles. The molecule has 0 radical (unpaired) electrons. The molecule has 3 aromatic rings. The maximum Gasteiger partial charge on any atom is 0.152 e. The summed E-state index contributed by atoms with van der Waals surface area (Å²) in [5, 5.41) is 10.2. The molecular formula is C10H6N4OS. The minimum absolute atomic E-state index is 0.688. The van der Waals surface area contributed by atoms with Crippen LogP contribution >= 0.6 is 11.3 Å². The molecule has 0 bridgehead atoms. The van der Waals surface area contributed by atoms with Crippen LogP contribution in [0.15, 0.2) is 40.8 Å². The summed E-state index contributed by atoms with van der Waals surface area (Å²) in [7, 11) is 0. The Kier molecular flexibility index (Phi) is 2.19.